The molecule has 5 aromatic rings. The van der Waals surface area contributed by atoms with E-state index in [9.17, 15) is 28.1 Å². The quantitative estimate of drug-likeness (QED) is 0.0160. The number of aromatic nitrogens is 2. The van der Waals surface area contributed by atoms with Crippen molar-refractivity contribution in [3.05, 3.63) is 127 Å². The van der Waals surface area contributed by atoms with Crippen LogP contribution in [0.2, 0.25) is 5.02 Å². The van der Waals surface area contributed by atoms with Gasteiger partial charge in [0, 0.05) is 105 Å². The van der Waals surface area contributed by atoms with Gasteiger partial charge in [-0.15, -0.1) is 0 Å². The number of benzene rings is 3. The number of aromatic amines is 1. The van der Waals surface area contributed by atoms with Gasteiger partial charge in [-0.25, -0.2) is 13.4 Å². The number of sulfone groups is 1. The van der Waals surface area contributed by atoms with Gasteiger partial charge in [0.25, 0.3) is 5.69 Å². The van der Waals surface area contributed by atoms with Crippen molar-refractivity contribution in [2.24, 2.45) is 16.4 Å². The molecule has 19 heteroatoms. The summed E-state index contributed by atoms with van der Waals surface area (Å²) in [5.74, 6) is -1.04. The molecule has 2 aliphatic heterocycles. The molecule has 2 fully saturated rings. The van der Waals surface area contributed by atoms with E-state index in [4.69, 9.17) is 21.9 Å². The van der Waals surface area contributed by atoms with Gasteiger partial charge in [0.1, 0.15) is 28.6 Å². The number of H-pyrrole nitrogens is 1. The number of anilines is 2. The lowest BCUT2D eigenvalue weighted by molar-refractivity contribution is -0.384. The lowest BCUT2D eigenvalue weighted by atomic mass is 9.72. The monoisotopic (exact) mass is 976 g/mol. The van der Waals surface area contributed by atoms with Crippen LogP contribution in [0.25, 0.3) is 27.0 Å². The number of carbonyl (C=O) groups excluding carboxylic acids is 2. The number of piperazine rings is 1. The molecule has 0 atom stereocenters. The first-order valence-corrected chi connectivity index (χ1v) is 25.4. The Morgan fingerprint density at radius 1 is 1.03 bits per heavy atom. The number of nitrogens with zero attached hydrogens (tertiary/aromatic N) is 8. The van der Waals surface area contributed by atoms with Gasteiger partial charge in [-0.2, -0.15) is 0 Å². The molecular weight excluding hydrogens is 920 g/mol. The molecule has 8 rings (SSSR count). The zero-order valence-corrected chi connectivity index (χ0v) is 40.5. The number of nitro benzene ring substituents is 1. The van der Waals surface area contributed by atoms with Crippen LogP contribution < -0.4 is 15.0 Å². The first-order chi connectivity index (χ1) is 33.1. The number of pyridine rings is 1. The van der Waals surface area contributed by atoms with Crippen LogP contribution in [-0.4, -0.2) is 109 Å². The topological polar surface area (TPSA) is 220 Å². The molecule has 3 aromatic carbocycles. The number of hydrogen-bond acceptors (Lipinski definition) is 12. The van der Waals surface area contributed by atoms with Crippen LogP contribution in [-0.2, 0) is 14.6 Å². The largest absolute Gasteiger partial charge is 0.455 e. The van der Waals surface area contributed by atoms with Crippen LogP contribution in [0, 0.1) is 21.4 Å². The van der Waals surface area contributed by atoms with E-state index in [-0.39, 0.29) is 45.7 Å². The smallest absolute Gasteiger partial charge is 0.293 e. The van der Waals surface area contributed by atoms with Crippen LogP contribution in [0.15, 0.2) is 101 Å². The van der Waals surface area contributed by atoms with Crippen molar-refractivity contribution in [2.75, 3.05) is 74.9 Å². The van der Waals surface area contributed by atoms with Gasteiger partial charge < -0.3 is 24.8 Å². The van der Waals surface area contributed by atoms with Gasteiger partial charge in [-0.1, -0.05) is 48.3 Å². The Labute approximate surface area is 406 Å². The van der Waals surface area contributed by atoms with E-state index in [0.29, 0.717) is 56.7 Å². The van der Waals surface area contributed by atoms with Gasteiger partial charge in [0.2, 0.25) is 5.91 Å². The van der Waals surface area contributed by atoms with Gasteiger partial charge in [-0.05, 0) is 115 Å². The molecule has 0 unspecified atom stereocenters. The fraction of sp³-hybridized carbons (Fsp3) is 0.420. The summed E-state index contributed by atoms with van der Waals surface area (Å²) in [5.41, 5.74) is 14.0. The SMILES string of the molecule is CC1(C)CCC(CN2CCN(c3ccc(C(=O)CS(=O)(=O)c4ccc(NCC5CCN(C(=O)CCCN=[N+]=[N-])CC5)c([N+](=O)[O-])c4)c(Oc4cnc5[nH]ccc5c4)c3)CC2)=C(c2ccc(Cl)cc2)C1. The third kappa shape index (κ3) is 12.2. The molecule has 362 valence electrons. The number of hydrogen-bond donors (Lipinski definition) is 2. The van der Waals surface area contributed by atoms with E-state index in [2.05, 4.69) is 61.1 Å². The second kappa shape index (κ2) is 21.5. The molecule has 0 spiro atoms. The molecule has 17 nitrogen and oxygen atoms in total. The summed E-state index contributed by atoms with van der Waals surface area (Å²) in [6.45, 7) is 10.3. The van der Waals surface area contributed by atoms with Gasteiger partial charge in [0.15, 0.2) is 15.6 Å². The average Bonchev–Trinajstić information content (AvgIpc) is 3.81. The third-order valence-electron chi connectivity index (χ3n) is 13.5. The summed E-state index contributed by atoms with van der Waals surface area (Å²) >= 11 is 6.25. The number of allylic oxidation sites excluding steroid dienone is 1. The highest BCUT2D eigenvalue weighted by atomic mass is 35.5. The Balaban J connectivity index is 0.948. The standard InChI is InChI=1S/C50H57ClN10O7S/c1-50(2)17-13-37(43(29-50)35-5-7-38(51)8-6-35)32-58-22-24-59(25-23-58)39-9-11-42(47(27-39)68-40-26-36-14-19-53-49(36)55-31-40)46(62)33-69(66,67)41-10-12-44(45(28-41)61(64)65)54-30-34-15-20-60(21-16-34)48(63)4-3-18-56-57-52/h5-12,14,19,26-28,31,34,54H,3-4,13,15-18,20-25,29-30,32-33H2,1-2H3,(H,53,55). The Hall–Kier alpha value is -6.46. The molecule has 0 saturated carbocycles. The van der Waals surface area contributed by atoms with Gasteiger partial charge in [-0.3, -0.25) is 24.6 Å². The molecule has 2 N–H and O–H groups in total. The Bertz CT molecular complexity index is 2900. The maximum absolute atomic E-state index is 14.1. The van der Waals surface area contributed by atoms with Crippen molar-refractivity contribution < 1.29 is 27.7 Å². The number of nitrogens with one attached hydrogen (secondary N) is 2. The summed E-state index contributed by atoms with van der Waals surface area (Å²) in [6.07, 6.45) is 8.60. The summed E-state index contributed by atoms with van der Waals surface area (Å²) in [4.78, 5) is 54.7. The Morgan fingerprint density at radius 3 is 2.54 bits per heavy atom. The van der Waals surface area contributed by atoms with E-state index in [1.54, 1.807) is 29.3 Å². The zero-order valence-electron chi connectivity index (χ0n) is 38.9. The predicted octanol–water partition coefficient (Wildman–Crippen LogP) is 10.1. The molecule has 4 heterocycles. The van der Waals surface area contributed by atoms with Crippen molar-refractivity contribution >= 4 is 66.8 Å². The van der Waals surface area contributed by atoms with Crippen molar-refractivity contribution in [3.63, 3.8) is 0 Å². The average molecular weight is 978 g/mol. The number of carbonyl (C=O) groups is 2. The molecule has 2 aromatic heterocycles. The molecule has 3 aliphatic rings. The number of amides is 1. The highest BCUT2D eigenvalue weighted by Gasteiger charge is 2.31. The fourth-order valence-corrected chi connectivity index (χ4v) is 10.9. The lowest BCUT2D eigenvalue weighted by Crippen LogP contribution is -2.47. The minimum atomic E-state index is -4.37. The first kappa shape index (κ1) is 49.0. The molecule has 1 aliphatic carbocycles. The normalized spacial score (nSPS) is 16.9. The number of fused-ring (bicyclic) bond motifs is 1. The highest BCUT2D eigenvalue weighted by Crippen LogP contribution is 2.43. The molecule has 1 amide bonds. The number of ketones is 1. The van der Waals surface area contributed by atoms with Crippen LogP contribution in [0.1, 0.15) is 74.7 Å². The molecule has 2 saturated heterocycles. The maximum atomic E-state index is 14.1. The van der Waals surface area contributed by atoms with Crippen molar-refractivity contribution in [1.82, 2.24) is 19.8 Å². The minimum absolute atomic E-state index is 0.00428. The lowest BCUT2D eigenvalue weighted by Gasteiger charge is -2.39. The first-order valence-electron chi connectivity index (χ1n) is 23.4. The molecular formula is C50H57ClN10O7S. The predicted molar refractivity (Wildman–Crippen MR) is 268 cm³/mol. The molecule has 0 radical (unpaired) electrons. The summed E-state index contributed by atoms with van der Waals surface area (Å²) in [6, 6.07) is 20.6. The fourth-order valence-electron chi connectivity index (χ4n) is 9.51. The van der Waals surface area contributed by atoms with Gasteiger partial charge in [0.05, 0.1) is 21.6 Å². The van der Waals surface area contributed by atoms with Crippen LogP contribution in [0.3, 0.4) is 0 Å². The third-order valence-corrected chi connectivity index (χ3v) is 15.4. The number of halogens is 1. The minimum Gasteiger partial charge on any atom is -0.455 e. The number of rotatable bonds is 18. The number of azide groups is 1. The van der Waals surface area contributed by atoms with E-state index in [0.717, 1.165) is 74.1 Å². The van der Waals surface area contributed by atoms with Crippen molar-refractivity contribution in [1.29, 1.82) is 0 Å². The summed E-state index contributed by atoms with van der Waals surface area (Å²) in [5, 5.41) is 20.4. The van der Waals surface area contributed by atoms with Crippen LogP contribution in [0.4, 0.5) is 17.1 Å². The van der Waals surface area contributed by atoms with Crippen LogP contribution in [0.5, 0.6) is 11.5 Å². The second-order valence-corrected chi connectivity index (χ2v) is 21.4. The summed E-state index contributed by atoms with van der Waals surface area (Å²) in [7, 11) is -4.37. The molecule has 0 bridgehead atoms. The van der Waals surface area contributed by atoms with E-state index >= 15 is 0 Å². The Kier molecular flexibility index (Phi) is 15.2. The number of Topliss-reactive ketones (excluding diaryl/α,β-unsaturated/α-hetero) is 1. The van der Waals surface area contributed by atoms with Crippen molar-refractivity contribution in [2.45, 2.75) is 63.7 Å². The van der Waals surface area contributed by atoms with E-state index < -0.39 is 32.0 Å². The number of ether oxygens (including phenoxy) is 1. The number of likely N-dealkylation sites (tertiary alicyclic amines) is 1. The second-order valence-electron chi connectivity index (χ2n) is 18.9. The van der Waals surface area contributed by atoms with Gasteiger partial charge >= 0.3 is 0 Å². The maximum Gasteiger partial charge on any atom is 0.293 e. The molecule has 69 heavy (non-hydrogen) atoms. The number of nitro groups is 1. The van der Waals surface area contributed by atoms with Crippen LogP contribution >= 0.6 is 11.6 Å². The Morgan fingerprint density at radius 2 is 1.80 bits per heavy atom. The van der Waals surface area contributed by atoms with E-state index in [1.807, 2.05) is 24.3 Å². The van der Waals surface area contributed by atoms with Crippen molar-refractivity contribution in [3.8, 4) is 11.5 Å². The summed E-state index contributed by atoms with van der Waals surface area (Å²) < 4.78 is 34.2. The highest BCUT2D eigenvalue weighted by molar-refractivity contribution is 7.92. The van der Waals surface area contributed by atoms with E-state index in [1.165, 1.54) is 35.0 Å². The zero-order chi connectivity index (χ0) is 48.7. The number of piperidine rings is 1.